The topological polar surface area (TPSA) is 49.4 Å². The number of benzene rings is 3. The average Bonchev–Trinajstić information content (AvgIpc) is 2.96. The van der Waals surface area contributed by atoms with Crippen molar-refractivity contribution in [3.8, 4) is 0 Å². The summed E-state index contributed by atoms with van der Waals surface area (Å²) in [5.74, 6) is -0.286. The molecule has 0 spiro atoms. The van der Waals surface area contributed by atoms with Crippen LogP contribution in [0.4, 0.5) is 5.69 Å². The minimum Gasteiger partial charge on any atom is -0.348 e. The maximum Gasteiger partial charge on any atom is 0.259 e. The predicted molar refractivity (Wildman–Crippen MR) is 103 cm³/mol. The summed E-state index contributed by atoms with van der Waals surface area (Å²) in [5.41, 5.74) is 2.50. The summed E-state index contributed by atoms with van der Waals surface area (Å²) in [5, 5.41) is 4.96. The first-order valence-corrected chi connectivity index (χ1v) is 8.78. The molecule has 0 radical (unpaired) electrons. The molecule has 0 unspecified atom stereocenters. The molecule has 2 amide bonds. The number of carbonyl (C=O) groups is 2. The first kappa shape index (κ1) is 16.3. The lowest BCUT2D eigenvalue weighted by molar-refractivity contribution is -0.122. The normalized spacial score (nSPS) is 15.2. The largest absolute Gasteiger partial charge is 0.348 e. The fourth-order valence-corrected chi connectivity index (χ4v) is 3.60. The third-order valence-corrected chi connectivity index (χ3v) is 5.02. The zero-order valence-electron chi connectivity index (χ0n) is 14.8. The van der Waals surface area contributed by atoms with Crippen LogP contribution < -0.4 is 10.2 Å². The molecule has 4 heteroatoms. The molecular weight excluding hydrogens is 324 g/mol. The Bertz CT molecular complexity index is 992. The van der Waals surface area contributed by atoms with E-state index in [0.29, 0.717) is 5.56 Å². The maximum atomic E-state index is 12.9. The van der Waals surface area contributed by atoms with Crippen LogP contribution in [0.1, 0.15) is 35.8 Å². The van der Waals surface area contributed by atoms with Gasteiger partial charge in [0.15, 0.2) is 0 Å². The van der Waals surface area contributed by atoms with Gasteiger partial charge in [-0.3, -0.25) is 14.5 Å². The van der Waals surface area contributed by atoms with E-state index in [2.05, 4.69) is 5.32 Å². The molecule has 4 nitrogen and oxygen atoms in total. The molecule has 0 bridgehead atoms. The molecule has 3 aromatic rings. The minimum absolute atomic E-state index is 0.119. The SMILES string of the molecule is C[C@H](NC(=O)[C@H](C)N1C(=O)c2cccc3cccc1c23)c1ccccc1. The van der Waals surface area contributed by atoms with E-state index >= 15 is 0 Å². The molecule has 1 aliphatic rings. The summed E-state index contributed by atoms with van der Waals surface area (Å²) in [7, 11) is 0. The van der Waals surface area contributed by atoms with E-state index in [1.807, 2.05) is 73.7 Å². The Morgan fingerprint density at radius 2 is 1.62 bits per heavy atom. The van der Waals surface area contributed by atoms with Crippen molar-refractivity contribution < 1.29 is 9.59 Å². The number of nitrogens with one attached hydrogen (secondary N) is 1. The van der Waals surface area contributed by atoms with E-state index in [4.69, 9.17) is 0 Å². The molecule has 0 saturated heterocycles. The van der Waals surface area contributed by atoms with Gasteiger partial charge in [0.1, 0.15) is 6.04 Å². The Kier molecular flexibility index (Phi) is 3.96. The van der Waals surface area contributed by atoms with Gasteiger partial charge in [0.25, 0.3) is 5.91 Å². The van der Waals surface area contributed by atoms with E-state index in [1.54, 1.807) is 11.8 Å². The van der Waals surface area contributed by atoms with Gasteiger partial charge in [-0.25, -0.2) is 0 Å². The summed E-state index contributed by atoms with van der Waals surface area (Å²) >= 11 is 0. The number of hydrogen-bond donors (Lipinski definition) is 1. The number of anilines is 1. The number of carbonyl (C=O) groups excluding carboxylic acids is 2. The van der Waals surface area contributed by atoms with Gasteiger partial charge < -0.3 is 5.32 Å². The van der Waals surface area contributed by atoms with Crippen LogP contribution in [0.5, 0.6) is 0 Å². The van der Waals surface area contributed by atoms with Crippen molar-refractivity contribution in [2.24, 2.45) is 0 Å². The van der Waals surface area contributed by atoms with Crippen molar-refractivity contribution in [1.82, 2.24) is 5.32 Å². The Labute approximate surface area is 152 Å². The van der Waals surface area contributed by atoms with Gasteiger partial charge in [-0.2, -0.15) is 0 Å². The summed E-state index contributed by atoms with van der Waals surface area (Å²) in [6.45, 7) is 3.72. The Hall–Kier alpha value is -3.14. The molecule has 1 N–H and O–H groups in total. The lowest BCUT2D eigenvalue weighted by Crippen LogP contribution is -2.47. The smallest absolute Gasteiger partial charge is 0.259 e. The third-order valence-electron chi connectivity index (χ3n) is 5.02. The quantitative estimate of drug-likeness (QED) is 0.776. The van der Waals surface area contributed by atoms with Gasteiger partial charge in [-0.1, -0.05) is 54.6 Å². The molecule has 26 heavy (non-hydrogen) atoms. The standard InChI is InChI=1S/C22H20N2O2/c1-14(16-8-4-3-5-9-16)23-21(25)15(2)24-19-13-7-11-17-10-6-12-18(20(17)19)22(24)26/h3-15H,1-2H3,(H,23,25)/t14-,15-/m0/s1. The van der Waals surface area contributed by atoms with Gasteiger partial charge >= 0.3 is 0 Å². The van der Waals surface area contributed by atoms with Crippen molar-refractivity contribution in [1.29, 1.82) is 0 Å². The van der Waals surface area contributed by atoms with Crippen LogP contribution in [0, 0.1) is 0 Å². The molecule has 0 aliphatic carbocycles. The van der Waals surface area contributed by atoms with Gasteiger partial charge in [-0.05, 0) is 36.9 Å². The molecule has 0 saturated carbocycles. The monoisotopic (exact) mass is 344 g/mol. The van der Waals surface area contributed by atoms with Crippen LogP contribution in [0.3, 0.4) is 0 Å². The first-order chi connectivity index (χ1) is 12.6. The Morgan fingerprint density at radius 3 is 2.35 bits per heavy atom. The highest BCUT2D eigenvalue weighted by molar-refractivity contribution is 6.26. The van der Waals surface area contributed by atoms with Crippen LogP contribution in [0.15, 0.2) is 66.7 Å². The van der Waals surface area contributed by atoms with E-state index in [0.717, 1.165) is 22.0 Å². The van der Waals surface area contributed by atoms with E-state index in [-0.39, 0.29) is 17.9 Å². The molecule has 4 rings (SSSR count). The van der Waals surface area contributed by atoms with Crippen LogP contribution in [0.25, 0.3) is 10.8 Å². The van der Waals surface area contributed by atoms with Crippen molar-refractivity contribution in [2.45, 2.75) is 25.9 Å². The lowest BCUT2D eigenvalue weighted by atomic mass is 10.1. The van der Waals surface area contributed by atoms with Crippen molar-refractivity contribution >= 4 is 28.3 Å². The van der Waals surface area contributed by atoms with Gasteiger partial charge in [-0.15, -0.1) is 0 Å². The molecule has 0 aromatic heterocycles. The summed E-state index contributed by atoms with van der Waals surface area (Å²) in [6.07, 6.45) is 0. The van der Waals surface area contributed by atoms with Crippen molar-refractivity contribution in [2.75, 3.05) is 4.90 Å². The third kappa shape index (κ3) is 2.54. The van der Waals surface area contributed by atoms with Crippen LogP contribution >= 0.6 is 0 Å². The van der Waals surface area contributed by atoms with E-state index in [9.17, 15) is 9.59 Å². The molecule has 2 atom stereocenters. The first-order valence-electron chi connectivity index (χ1n) is 8.78. The highest BCUT2D eigenvalue weighted by Crippen LogP contribution is 2.38. The lowest BCUT2D eigenvalue weighted by Gasteiger charge is -2.26. The number of nitrogens with zero attached hydrogens (tertiary/aromatic N) is 1. The summed E-state index contributed by atoms with van der Waals surface area (Å²) in [6, 6.07) is 20.6. The molecule has 130 valence electrons. The summed E-state index contributed by atoms with van der Waals surface area (Å²) in [4.78, 5) is 27.4. The highest BCUT2D eigenvalue weighted by atomic mass is 16.2. The fraction of sp³-hybridized carbons (Fsp3) is 0.182. The van der Waals surface area contributed by atoms with Crippen molar-refractivity contribution in [3.05, 3.63) is 77.9 Å². The molecule has 1 aliphatic heterocycles. The maximum absolute atomic E-state index is 12.9. The van der Waals surface area contributed by atoms with Gasteiger partial charge in [0.2, 0.25) is 5.91 Å². The van der Waals surface area contributed by atoms with Crippen molar-refractivity contribution in [3.63, 3.8) is 0 Å². The van der Waals surface area contributed by atoms with Crippen LogP contribution in [-0.2, 0) is 4.79 Å². The second-order valence-corrected chi connectivity index (χ2v) is 6.67. The second kappa shape index (κ2) is 6.30. The molecule has 3 aromatic carbocycles. The Balaban J connectivity index is 1.61. The Morgan fingerprint density at radius 1 is 0.923 bits per heavy atom. The average molecular weight is 344 g/mol. The zero-order valence-corrected chi connectivity index (χ0v) is 14.8. The van der Waals surface area contributed by atoms with Gasteiger partial charge in [0, 0.05) is 10.9 Å². The number of hydrogen-bond acceptors (Lipinski definition) is 2. The number of amides is 2. The minimum atomic E-state index is -0.591. The van der Waals surface area contributed by atoms with Gasteiger partial charge in [0.05, 0.1) is 11.7 Å². The predicted octanol–water partition coefficient (Wildman–Crippen LogP) is 4.07. The molecule has 1 heterocycles. The second-order valence-electron chi connectivity index (χ2n) is 6.67. The van der Waals surface area contributed by atoms with E-state index < -0.39 is 6.04 Å². The zero-order chi connectivity index (χ0) is 18.3. The van der Waals surface area contributed by atoms with Crippen LogP contribution in [-0.4, -0.2) is 17.9 Å². The number of rotatable bonds is 4. The highest BCUT2D eigenvalue weighted by Gasteiger charge is 2.36. The molecular formula is C22H20N2O2. The van der Waals surface area contributed by atoms with E-state index in [1.165, 1.54) is 0 Å². The molecule has 0 fully saturated rings. The van der Waals surface area contributed by atoms with Crippen LogP contribution in [0.2, 0.25) is 0 Å². The summed E-state index contributed by atoms with van der Waals surface area (Å²) < 4.78 is 0. The fourth-order valence-electron chi connectivity index (χ4n) is 3.60.